The third-order valence-electron chi connectivity index (χ3n) is 4.00. The van der Waals surface area contributed by atoms with Crippen LogP contribution in [0.4, 0.5) is 4.79 Å². The second-order valence-corrected chi connectivity index (χ2v) is 7.14. The number of para-hydroxylation sites is 1. The predicted octanol–water partition coefficient (Wildman–Crippen LogP) is 4.95. The number of rotatable bonds is 3. The summed E-state index contributed by atoms with van der Waals surface area (Å²) >= 11 is 0. The summed E-state index contributed by atoms with van der Waals surface area (Å²) in [6.07, 6.45) is 3.22. The number of likely N-dealkylation sites (tertiary alicyclic amines) is 1. The molecule has 2 aromatic rings. The fourth-order valence-corrected chi connectivity index (χ4v) is 2.97. The van der Waals surface area contributed by atoms with Gasteiger partial charge in [0.2, 0.25) is 5.88 Å². The van der Waals surface area contributed by atoms with E-state index in [1.807, 2.05) is 63.2 Å². The quantitative estimate of drug-likeness (QED) is 0.793. The van der Waals surface area contributed by atoms with Crippen LogP contribution in [0.3, 0.4) is 0 Å². The van der Waals surface area contributed by atoms with Crippen LogP contribution in [0.25, 0.3) is 0 Å². The molecule has 25 heavy (non-hydrogen) atoms. The first-order valence-corrected chi connectivity index (χ1v) is 8.61. The smallest absolute Gasteiger partial charge is 0.410 e. The lowest BCUT2D eigenvalue weighted by molar-refractivity contribution is 0.0223. The second-order valence-electron chi connectivity index (χ2n) is 7.14. The second kappa shape index (κ2) is 7.13. The van der Waals surface area contributed by atoms with Crippen molar-refractivity contribution in [2.75, 3.05) is 6.54 Å². The van der Waals surface area contributed by atoms with Gasteiger partial charge in [-0.3, -0.25) is 0 Å². The molecule has 3 rings (SSSR count). The third-order valence-corrected chi connectivity index (χ3v) is 4.00. The third kappa shape index (κ3) is 4.29. The van der Waals surface area contributed by atoms with Gasteiger partial charge in [0.15, 0.2) is 0 Å². The molecule has 1 aromatic heterocycles. The fraction of sp³-hybridized carbons (Fsp3) is 0.400. The Morgan fingerprint density at radius 1 is 1.16 bits per heavy atom. The van der Waals surface area contributed by atoms with Gasteiger partial charge in [-0.05, 0) is 57.9 Å². The van der Waals surface area contributed by atoms with E-state index < -0.39 is 5.60 Å². The zero-order chi connectivity index (χ0) is 17.9. The summed E-state index contributed by atoms with van der Waals surface area (Å²) in [7, 11) is 0. The maximum Gasteiger partial charge on any atom is 0.410 e. The highest BCUT2D eigenvalue weighted by Gasteiger charge is 2.35. The molecule has 1 amide bonds. The minimum atomic E-state index is -0.511. The number of hydrogen-bond donors (Lipinski definition) is 0. The average Bonchev–Trinajstić information content (AvgIpc) is 3.04. The van der Waals surface area contributed by atoms with Crippen LogP contribution in [0, 0.1) is 0 Å². The van der Waals surface area contributed by atoms with Crippen LogP contribution >= 0.6 is 0 Å². The van der Waals surface area contributed by atoms with E-state index in [9.17, 15) is 4.79 Å². The minimum Gasteiger partial charge on any atom is -0.444 e. The number of carbonyl (C=O) groups excluding carboxylic acids is 1. The summed E-state index contributed by atoms with van der Waals surface area (Å²) in [5.41, 5.74) is 0.400. The summed E-state index contributed by atoms with van der Waals surface area (Å²) in [6, 6.07) is 13.3. The van der Waals surface area contributed by atoms with E-state index in [0.717, 1.165) is 24.2 Å². The first-order chi connectivity index (χ1) is 11.9. The van der Waals surface area contributed by atoms with Crippen LogP contribution in [0.2, 0.25) is 0 Å². The molecule has 0 saturated carbocycles. The first kappa shape index (κ1) is 17.3. The van der Waals surface area contributed by atoms with Gasteiger partial charge in [0, 0.05) is 18.3 Å². The molecule has 0 radical (unpaired) electrons. The molecule has 1 atom stereocenters. The van der Waals surface area contributed by atoms with Gasteiger partial charge < -0.3 is 14.4 Å². The summed E-state index contributed by atoms with van der Waals surface area (Å²) in [5.74, 6) is 1.26. The highest BCUT2D eigenvalue weighted by molar-refractivity contribution is 5.69. The summed E-state index contributed by atoms with van der Waals surface area (Å²) in [6.45, 7) is 6.32. The molecule has 1 fully saturated rings. The van der Waals surface area contributed by atoms with E-state index in [1.165, 1.54) is 0 Å². The molecular formula is C20H24N2O3. The molecule has 132 valence electrons. The van der Waals surface area contributed by atoms with Gasteiger partial charge >= 0.3 is 6.09 Å². The molecule has 0 N–H and O–H groups in total. The number of benzene rings is 1. The number of amides is 1. The van der Waals surface area contributed by atoms with Crippen LogP contribution in [0.1, 0.15) is 45.2 Å². The van der Waals surface area contributed by atoms with Gasteiger partial charge in [-0.25, -0.2) is 9.78 Å². The SMILES string of the molecule is CC(C)(C)OC(=O)N1CCC[C@H]1c1cccnc1Oc1ccccc1. The molecule has 1 aliphatic heterocycles. The Balaban J connectivity index is 1.84. The maximum atomic E-state index is 12.6. The number of aromatic nitrogens is 1. The van der Waals surface area contributed by atoms with Crippen molar-refractivity contribution in [2.45, 2.75) is 45.3 Å². The molecular weight excluding hydrogens is 316 g/mol. The minimum absolute atomic E-state index is 0.0812. The average molecular weight is 340 g/mol. The lowest BCUT2D eigenvalue weighted by Gasteiger charge is -2.29. The van der Waals surface area contributed by atoms with Gasteiger partial charge in [-0.1, -0.05) is 18.2 Å². The Bertz CT molecular complexity index is 725. The Hall–Kier alpha value is -2.56. The van der Waals surface area contributed by atoms with Crippen molar-refractivity contribution < 1.29 is 14.3 Å². The zero-order valence-corrected chi connectivity index (χ0v) is 14.9. The molecule has 0 bridgehead atoms. The lowest BCUT2D eigenvalue weighted by Crippen LogP contribution is -2.36. The van der Waals surface area contributed by atoms with E-state index in [-0.39, 0.29) is 12.1 Å². The highest BCUT2D eigenvalue weighted by atomic mass is 16.6. The van der Waals surface area contributed by atoms with E-state index in [0.29, 0.717) is 12.4 Å². The number of ether oxygens (including phenoxy) is 2. The van der Waals surface area contributed by atoms with Gasteiger partial charge in [0.05, 0.1) is 6.04 Å². The number of pyridine rings is 1. The standard InChI is InChI=1S/C20H24N2O3/c1-20(2,3)25-19(23)22-14-8-12-17(22)16-11-7-13-21-18(16)24-15-9-5-4-6-10-15/h4-7,9-11,13,17H,8,12,14H2,1-3H3/t17-/m0/s1. The Kier molecular flexibility index (Phi) is 4.93. The van der Waals surface area contributed by atoms with Crippen LogP contribution < -0.4 is 4.74 Å². The fourth-order valence-electron chi connectivity index (χ4n) is 2.97. The van der Waals surface area contributed by atoms with E-state index in [2.05, 4.69) is 4.98 Å². The van der Waals surface area contributed by atoms with Crippen LogP contribution in [-0.2, 0) is 4.74 Å². The molecule has 0 unspecified atom stereocenters. The van der Waals surface area contributed by atoms with Gasteiger partial charge in [-0.2, -0.15) is 0 Å². The van der Waals surface area contributed by atoms with E-state index in [4.69, 9.17) is 9.47 Å². The van der Waals surface area contributed by atoms with Crippen molar-refractivity contribution in [3.8, 4) is 11.6 Å². The largest absolute Gasteiger partial charge is 0.444 e. The Morgan fingerprint density at radius 3 is 2.64 bits per heavy atom. The molecule has 1 saturated heterocycles. The van der Waals surface area contributed by atoms with Crippen molar-refractivity contribution in [3.63, 3.8) is 0 Å². The van der Waals surface area contributed by atoms with Gasteiger partial charge in [0.25, 0.3) is 0 Å². The zero-order valence-electron chi connectivity index (χ0n) is 14.9. The summed E-state index contributed by atoms with van der Waals surface area (Å²) < 4.78 is 11.5. The van der Waals surface area contributed by atoms with Gasteiger partial charge in [-0.15, -0.1) is 0 Å². The molecule has 1 aliphatic rings. The molecule has 0 spiro atoms. The van der Waals surface area contributed by atoms with Crippen molar-refractivity contribution in [1.29, 1.82) is 0 Å². The normalized spacial score (nSPS) is 17.4. The number of carbonyl (C=O) groups is 1. The molecule has 5 nitrogen and oxygen atoms in total. The van der Waals surface area contributed by atoms with Crippen molar-refractivity contribution >= 4 is 6.09 Å². The van der Waals surface area contributed by atoms with Gasteiger partial charge in [0.1, 0.15) is 11.4 Å². The highest BCUT2D eigenvalue weighted by Crippen LogP contribution is 2.38. The topological polar surface area (TPSA) is 51.7 Å². The Morgan fingerprint density at radius 2 is 1.92 bits per heavy atom. The lowest BCUT2D eigenvalue weighted by atomic mass is 10.1. The first-order valence-electron chi connectivity index (χ1n) is 8.61. The van der Waals surface area contributed by atoms with Crippen LogP contribution in [0.15, 0.2) is 48.7 Å². The van der Waals surface area contributed by atoms with Crippen molar-refractivity contribution in [3.05, 3.63) is 54.2 Å². The van der Waals surface area contributed by atoms with Crippen LogP contribution in [-0.4, -0.2) is 28.1 Å². The van der Waals surface area contributed by atoms with Crippen molar-refractivity contribution in [2.24, 2.45) is 0 Å². The van der Waals surface area contributed by atoms with E-state index >= 15 is 0 Å². The molecule has 1 aromatic carbocycles. The number of nitrogens with zero attached hydrogens (tertiary/aromatic N) is 2. The predicted molar refractivity (Wildman–Crippen MR) is 95.7 cm³/mol. The maximum absolute atomic E-state index is 12.6. The molecule has 2 heterocycles. The van der Waals surface area contributed by atoms with Crippen molar-refractivity contribution in [1.82, 2.24) is 9.88 Å². The number of hydrogen-bond acceptors (Lipinski definition) is 4. The summed E-state index contributed by atoms with van der Waals surface area (Å²) in [4.78, 5) is 18.7. The van der Waals surface area contributed by atoms with Crippen LogP contribution in [0.5, 0.6) is 11.6 Å². The molecule has 5 heteroatoms. The Labute approximate surface area is 148 Å². The monoisotopic (exact) mass is 340 g/mol. The summed E-state index contributed by atoms with van der Waals surface area (Å²) in [5, 5.41) is 0. The van der Waals surface area contributed by atoms with E-state index in [1.54, 1.807) is 11.1 Å². The molecule has 0 aliphatic carbocycles.